The number of hydrogen-bond acceptors (Lipinski definition) is 2. The number of terminal acetylenes is 1. The fraction of sp³-hybridized carbons (Fsp3) is 0.474. The van der Waals surface area contributed by atoms with Crippen LogP contribution < -0.4 is 5.32 Å². The number of carbonyl (C=O) groups is 2. The molecule has 1 aromatic rings. The van der Waals surface area contributed by atoms with Crippen molar-refractivity contribution < 1.29 is 9.59 Å². The Balaban J connectivity index is 1.82. The maximum absolute atomic E-state index is 12.5. The van der Waals surface area contributed by atoms with E-state index in [9.17, 15) is 9.59 Å². The summed E-state index contributed by atoms with van der Waals surface area (Å²) in [4.78, 5) is 26.3. The average Bonchev–Trinajstić information content (AvgIpc) is 2.60. The van der Waals surface area contributed by atoms with Gasteiger partial charge in [-0.3, -0.25) is 9.59 Å². The van der Waals surface area contributed by atoms with E-state index in [1.807, 2.05) is 17.0 Å². The third-order valence-electron chi connectivity index (χ3n) is 4.33. The summed E-state index contributed by atoms with van der Waals surface area (Å²) in [6.45, 7) is 0.672. The summed E-state index contributed by atoms with van der Waals surface area (Å²) in [6, 6.07) is 7.38. The highest BCUT2D eigenvalue weighted by molar-refractivity contribution is 9.10. The van der Waals surface area contributed by atoms with Gasteiger partial charge in [-0.1, -0.05) is 41.1 Å². The number of rotatable bonds is 6. The van der Waals surface area contributed by atoms with E-state index in [-0.39, 0.29) is 24.3 Å². The Hall–Kier alpha value is -1.80. The third kappa shape index (κ3) is 5.38. The first-order valence-electron chi connectivity index (χ1n) is 8.38. The van der Waals surface area contributed by atoms with Gasteiger partial charge in [0, 0.05) is 29.0 Å². The van der Waals surface area contributed by atoms with Gasteiger partial charge < -0.3 is 10.2 Å². The van der Waals surface area contributed by atoms with Crippen LogP contribution in [0.3, 0.4) is 0 Å². The number of nitrogens with zero attached hydrogens (tertiary/aromatic N) is 1. The van der Waals surface area contributed by atoms with Crippen LogP contribution in [0.2, 0.25) is 0 Å². The van der Waals surface area contributed by atoms with Crippen molar-refractivity contribution in [3.05, 3.63) is 34.3 Å². The van der Waals surface area contributed by atoms with Gasteiger partial charge >= 0.3 is 0 Å². The Morgan fingerprint density at radius 1 is 1.21 bits per heavy atom. The molecule has 0 saturated heterocycles. The fourth-order valence-electron chi connectivity index (χ4n) is 3.04. The monoisotopic (exact) mass is 390 g/mol. The van der Waals surface area contributed by atoms with Crippen molar-refractivity contribution in [1.82, 2.24) is 10.2 Å². The molecule has 1 aliphatic carbocycles. The zero-order valence-corrected chi connectivity index (χ0v) is 15.3. The van der Waals surface area contributed by atoms with E-state index in [0.717, 1.165) is 30.2 Å². The zero-order valence-electron chi connectivity index (χ0n) is 13.8. The lowest BCUT2D eigenvalue weighted by molar-refractivity contribution is -0.133. The summed E-state index contributed by atoms with van der Waals surface area (Å²) >= 11 is 3.34. The molecule has 0 aromatic heterocycles. The van der Waals surface area contributed by atoms with Gasteiger partial charge in [0.25, 0.3) is 5.91 Å². The normalized spacial score (nSPS) is 14.7. The van der Waals surface area contributed by atoms with Gasteiger partial charge in [-0.2, -0.15) is 0 Å². The third-order valence-corrected chi connectivity index (χ3v) is 4.86. The summed E-state index contributed by atoms with van der Waals surface area (Å²) in [6.07, 6.45) is 11.3. The first-order valence-corrected chi connectivity index (χ1v) is 9.18. The number of carbonyl (C=O) groups excluding carboxylic acids is 2. The van der Waals surface area contributed by atoms with Crippen LogP contribution in [0.5, 0.6) is 0 Å². The topological polar surface area (TPSA) is 49.4 Å². The minimum absolute atomic E-state index is 0.0240. The minimum Gasteiger partial charge on any atom is -0.352 e. The van der Waals surface area contributed by atoms with Crippen molar-refractivity contribution in [2.75, 3.05) is 13.1 Å². The summed E-state index contributed by atoms with van der Waals surface area (Å²) in [7, 11) is 0. The molecule has 24 heavy (non-hydrogen) atoms. The van der Waals surface area contributed by atoms with Gasteiger partial charge in [0.15, 0.2) is 0 Å². The van der Waals surface area contributed by atoms with Gasteiger partial charge in [0.2, 0.25) is 5.91 Å². The molecular weight excluding hydrogens is 368 g/mol. The molecule has 1 N–H and O–H groups in total. The highest BCUT2D eigenvalue weighted by Gasteiger charge is 2.24. The second-order valence-electron chi connectivity index (χ2n) is 6.03. The Kier molecular flexibility index (Phi) is 7.33. The van der Waals surface area contributed by atoms with Gasteiger partial charge in [-0.15, -0.1) is 6.42 Å². The Morgan fingerprint density at radius 2 is 1.88 bits per heavy atom. The summed E-state index contributed by atoms with van der Waals surface area (Å²) in [5.74, 6) is 2.44. The van der Waals surface area contributed by atoms with Gasteiger partial charge in [0.1, 0.15) is 0 Å². The molecule has 1 fully saturated rings. The smallest absolute Gasteiger partial charge is 0.251 e. The quantitative estimate of drug-likeness (QED) is 0.756. The molecule has 0 spiro atoms. The maximum Gasteiger partial charge on any atom is 0.251 e. The molecule has 0 radical (unpaired) electrons. The fourth-order valence-corrected chi connectivity index (χ4v) is 3.31. The lowest BCUT2D eigenvalue weighted by Gasteiger charge is -2.33. The lowest BCUT2D eigenvalue weighted by Crippen LogP contribution is -2.43. The van der Waals surface area contributed by atoms with E-state index < -0.39 is 0 Å². The minimum atomic E-state index is -0.170. The van der Waals surface area contributed by atoms with Crippen molar-refractivity contribution >= 4 is 27.7 Å². The summed E-state index contributed by atoms with van der Waals surface area (Å²) in [5.41, 5.74) is 0.582. The molecular formula is C19H23BrN2O2. The molecule has 5 heteroatoms. The molecule has 4 nitrogen and oxygen atoms in total. The van der Waals surface area contributed by atoms with E-state index >= 15 is 0 Å². The molecule has 0 heterocycles. The number of benzene rings is 1. The molecule has 128 valence electrons. The summed E-state index contributed by atoms with van der Waals surface area (Å²) in [5, 5.41) is 2.80. The Morgan fingerprint density at radius 3 is 2.50 bits per heavy atom. The van der Waals surface area contributed by atoms with Crippen molar-refractivity contribution in [3.8, 4) is 12.3 Å². The molecule has 1 aromatic carbocycles. The highest BCUT2D eigenvalue weighted by atomic mass is 79.9. The maximum atomic E-state index is 12.5. The van der Waals surface area contributed by atoms with Gasteiger partial charge in [-0.05, 0) is 37.1 Å². The standard InChI is InChI=1S/C19H23BrN2O2/c1-2-14-22(17-6-4-3-5-7-17)18(23)12-13-21-19(24)15-8-10-16(20)11-9-15/h1,8-11,17H,3-7,12-14H2,(H,21,24). The van der Waals surface area contributed by atoms with Crippen LogP contribution in [0.25, 0.3) is 0 Å². The van der Waals surface area contributed by atoms with E-state index in [1.165, 1.54) is 6.42 Å². The molecule has 2 amide bonds. The molecule has 0 bridgehead atoms. The predicted octanol–water partition coefficient (Wildman–Crippen LogP) is 3.36. The SMILES string of the molecule is C#CCN(C(=O)CCNC(=O)c1ccc(Br)cc1)C1CCCCC1. The largest absolute Gasteiger partial charge is 0.352 e. The van der Waals surface area contributed by atoms with E-state index in [4.69, 9.17) is 6.42 Å². The van der Waals surface area contributed by atoms with Crippen molar-refractivity contribution in [1.29, 1.82) is 0 Å². The molecule has 0 aliphatic heterocycles. The van der Waals surface area contributed by atoms with E-state index in [0.29, 0.717) is 18.7 Å². The first kappa shape index (κ1) is 18.5. The highest BCUT2D eigenvalue weighted by Crippen LogP contribution is 2.22. The van der Waals surface area contributed by atoms with Crippen LogP contribution in [-0.4, -0.2) is 35.8 Å². The van der Waals surface area contributed by atoms with Crippen LogP contribution >= 0.6 is 15.9 Å². The zero-order chi connectivity index (χ0) is 17.4. The van der Waals surface area contributed by atoms with Crippen molar-refractivity contribution in [2.45, 2.75) is 44.6 Å². The van der Waals surface area contributed by atoms with Crippen LogP contribution in [0.1, 0.15) is 48.9 Å². The molecule has 0 atom stereocenters. The second kappa shape index (κ2) is 9.48. The molecule has 1 aliphatic rings. The van der Waals surface area contributed by atoms with E-state index in [2.05, 4.69) is 27.2 Å². The second-order valence-corrected chi connectivity index (χ2v) is 6.95. The van der Waals surface area contributed by atoms with Crippen molar-refractivity contribution in [3.63, 3.8) is 0 Å². The van der Waals surface area contributed by atoms with Crippen LogP contribution in [0, 0.1) is 12.3 Å². The number of halogens is 1. The molecule has 1 saturated carbocycles. The summed E-state index contributed by atoms with van der Waals surface area (Å²) < 4.78 is 0.923. The van der Waals surface area contributed by atoms with Gasteiger partial charge in [-0.25, -0.2) is 0 Å². The van der Waals surface area contributed by atoms with Crippen LogP contribution in [0.4, 0.5) is 0 Å². The van der Waals surface area contributed by atoms with Crippen LogP contribution in [-0.2, 0) is 4.79 Å². The van der Waals surface area contributed by atoms with Crippen molar-refractivity contribution in [2.24, 2.45) is 0 Å². The molecule has 0 unspecified atom stereocenters. The number of nitrogens with one attached hydrogen (secondary N) is 1. The Bertz CT molecular complexity index is 601. The number of amides is 2. The van der Waals surface area contributed by atoms with Gasteiger partial charge in [0.05, 0.1) is 6.54 Å². The molecule has 2 rings (SSSR count). The first-order chi connectivity index (χ1) is 11.6. The van der Waals surface area contributed by atoms with E-state index in [1.54, 1.807) is 12.1 Å². The Labute approximate surface area is 152 Å². The average molecular weight is 391 g/mol. The predicted molar refractivity (Wildman–Crippen MR) is 98.5 cm³/mol. The van der Waals surface area contributed by atoms with Crippen LogP contribution in [0.15, 0.2) is 28.7 Å². The lowest BCUT2D eigenvalue weighted by atomic mass is 9.94. The number of hydrogen-bond donors (Lipinski definition) is 1.